The fourth-order valence-electron chi connectivity index (χ4n) is 1.78. The van der Waals surface area contributed by atoms with Crippen molar-refractivity contribution >= 4 is 22.8 Å². The zero-order valence-corrected chi connectivity index (χ0v) is 9.52. The molecule has 0 aliphatic heterocycles. The Morgan fingerprint density at radius 1 is 1.26 bits per heavy atom. The number of carbonyl (C=O) groups is 1. The Bertz CT molecular complexity index is 787. The molecule has 2 aromatic heterocycles. The lowest BCUT2D eigenvalue weighted by molar-refractivity contribution is -0.402. The number of benzene rings is 1. The van der Waals surface area contributed by atoms with E-state index in [1.54, 1.807) is 18.2 Å². The number of rotatable bonds is 2. The van der Waals surface area contributed by atoms with Gasteiger partial charge in [-0.1, -0.05) is 12.1 Å². The normalized spacial score (nSPS) is 10.7. The monoisotopic (exact) mass is 257 g/mol. The van der Waals surface area contributed by atoms with Crippen molar-refractivity contribution in [1.82, 2.24) is 9.55 Å². The third-order valence-electron chi connectivity index (χ3n) is 2.65. The maximum atomic E-state index is 12.2. The molecule has 2 heterocycles. The number of hydrogen-bond acceptors (Lipinski definition) is 5. The lowest BCUT2D eigenvalue weighted by atomic mass is 10.3. The molecule has 0 aliphatic rings. The lowest BCUT2D eigenvalue weighted by Crippen LogP contribution is -2.09. The average molecular weight is 257 g/mol. The van der Waals surface area contributed by atoms with Gasteiger partial charge in [0.25, 0.3) is 5.91 Å². The lowest BCUT2D eigenvalue weighted by Gasteiger charge is -1.98. The summed E-state index contributed by atoms with van der Waals surface area (Å²) in [5.74, 6) is -1.07. The molecule has 7 nitrogen and oxygen atoms in total. The molecule has 0 fully saturated rings. The highest BCUT2D eigenvalue weighted by atomic mass is 16.6. The molecule has 7 heteroatoms. The molecule has 0 spiro atoms. The van der Waals surface area contributed by atoms with Crippen LogP contribution in [0.2, 0.25) is 0 Å². The summed E-state index contributed by atoms with van der Waals surface area (Å²) >= 11 is 0. The van der Waals surface area contributed by atoms with Gasteiger partial charge in [-0.2, -0.15) is 0 Å². The van der Waals surface area contributed by atoms with Crippen molar-refractivity contribution in [3.8, 4) is 0 Å². The van der Waals surface area contributed by atoms with Crippen LogP contribution >= 0.6 is 0 Å². The highest BCUT2D eigenvalue weighted by Crippen LogP contribution is 2.19. The van der Waals surface area contributed by atoms with Gasteiger partial charge >= 0.3 is 5.88 Å². The molecule has 0 saturated carbocycles. The van der Waals surface area contributed by atoms with Crippen molar-refractivity contribution in [1.29, 1.82) is 0 Å². The van der Waals surface area contributed by atoms with Crippen molar-refractivity contribution in [2.24, 2.45) is 0 Å². The van der Waals surface area contributed by atoms with Crippen LogP contribution in [0.15, 0.2) is 47.1 Å². The fourth-order valence-corrected chi connectivity index (χ4v) is 1.78. The van der Waals surface area contributed by atoms with Gasteiger partial charge < -0.3 is 4.42 Å². The van der Waals surface area contributed by atoms with Crippen molar-refractivity contribution in [3.63, 3.8) is 0 Å². The molecule has 19 heavy (non-hydrogen) atoms. The molecule has 0 atom stereocenters. The summed E-state index contributed by atoms with van der Waals surface area (Å²) in [5.41, 5.74) is 1.28. The topological polar surface area (TPSA) is 91.2 Å². The summed E-state index contributed by atoms with van der Waals surface area (Å²) in [4.78, 5) is 26.1. The highest BCUT2D eigenvalue weighted by Gasteiger charge is 2.19. The van der Waals surface area contributed by atoms with Crippen molar-refractivity contribution in [3.05, 3.63) is 58.6 Å². The van der Waals surface area contributed by atoms with E-state index in [4.69, 9.17) is 4.42 Å². The van der Waals surface area contributed by atoms with E-state index < -0.39 is 16.7 Å². The van der Waals surface area contributed by atoms with Crippen LogP contribution in [0.3, 0.4) is 0 Å². The van der Waals surface area contributed by atoms with Crippen molar-refractivity contribution in [2.75, 3.05) is 0 Å². The number of nitro groups is 1. The Balaban J connectivity index is 2.05. The predicted octanol–water partition coefficient (Wildman–Crippen LogP) is 2.23. The Hall–Kier alpha value is -2.96. The van der Waals surface area contributed by atoms with Gasteiger partial charge in [0.2, 0.25) is 0 Å². The first-order valence-corrected chi connectivity index (χ1v) is 5.38. The Labute approximate surface area is 106 Å². The molecule has 0 unspecified atom stereocenters. The van der Waals surface area contributed by atoms with E-state index in [9.17, 15) is 14.9 Å². The molecule has 0 bridgehead atoms. The number of carbonyl (C=O) groups excluding carboxylic acids is 1. The van der Waals surface area contributed by atoms with Crippen molar-refractivity contribution < 1.29 is 14.1 Å². The average Bonchev–Trinajstić information content (AvgIpc) is 3.05. The van der Waals surface area contributed by atoms with E-state index in [1.807, 2.05) is 6.07 Å². The van der Waals surface area contributed by atoms with Gasteiger partial charge in [0.05, 0.1) is 17.1 Å². The number of furan rings is 1. The summed E-state index contributed by atoms with van der Waals surface area (Å²) in [6, 6.07) is 9.50. The number of imidazole rings is 1. The summed E-state index contributed by atoms with van der Waals surface area (Å²) in [6.07, 6.45) is 1.36. The second kappa shape index (κ2) is 4.05. The van der Waals surface area contributed by atoms with Crippen LogP contribution in [-0.2, 0) is 0 Å². The summed E-state index contributed by atoms with van der Waals surface area (Å²) in [6.45, 7) is 0. The van der Waals surface area contributed by atoms with Gasteiger partial charge in [0, 0.05) is 0 Å². The smallest absolute Gasteiger partial charge is 0.395 e. The molecule has 3 aromatic rings. The second-order valence-corrected chi connectivity index (χ2v) is 3.80. The van der Waals surface area contributed by atoms with E-state index in [-0.39, 0.29) is 5.76 Å². The van der Waals surface area contributed by atoms with Crippen LogP contribution in [0, 0.1) is 10.1 Å². The van der Waals surface area contributed by atoms with Crippen LogP contribution in [0.4, 0.5) is 5.88 Å². The zero-order chi connectivity index (χ0) is 13.4. The van der Waals surface area contributed by atoms with Gasteiger partial charge in [0.1, 0.15) is 11.3 Å². The Morgan fingerprint density at radius 3 is 2.79 bits per heavy atom. The van der Waals surface area contributed by atoms with Crippen LogP contribution in [0.5, 0.6) is 0 Å². The van der Waals surface area contributed by atoms with E-state index >= 15 is 0 Å². The molecule has 94 valence electrons. The van der Waals surface area contributed by atoms with Crippen LogP contribution in [-0.4, -0.2) is 20.4 Å². The first kappa shape index (κ1) is 11.1. The predicted molar refractivity (Wildman–Crippen MR) is 64.8 cm³/mol. The molecule has 0 radical (unpaired) electrons. The summed E-state index contributed by atoms with van der Waals surface area (Å²) < 4.78 is 6.17. The van der Waals surface area contributed by atoms with Gasteiger partial charge in [-0.15, -0.1) is 0 Å². The van der Waals surface area contributed by atoms with Gasteiger partial charge in [-0.05, 0) is 18.2 Å². The van der Waals surface area contributed by atoms with E-state index in [2.05, 4.69) is 4.98 Å². The standard InChI is InChI=1S/C12H7N3O4/c16-12(10-5-6-11(19-10)15(17)18)14-7-13-8-3-1-2-4-9(8)14/h1-7H. The number of aromatic nitrogens is 2. The first-order valence-electron chi connectivity index (χ1n) is 5.38. The number of para-hydroxylation sites is 2. The number of fused-ring (bicyclic) bond motifs is 1. The molecular formula is C12H7N3O4. The summed E-state index contributed by atoms with van der Waals surface area (Å²) in [7, 11) is 0. The fraction of sp³-hybridized carbons (Fsp3) is 0. The van der Waals surface area contributed by atoms with Crippen LogP contribution < -0.4 is 0 Å². The van der Waals surface area contributed by atoms with Crippen molar-refractivity contribution in [2.45, 2.75) is 0 Å². The Morgan fingerprint density at radius 2 is 2.05 bits per heavy atom. The van der Waals surface area contributed by atoms with Gasteiger partial charge in [-0.25, -0.2) is 4.98 Å². The Kier molecular flexibility index (Phi) is 2.38. The quantitative estimate of drug-likeness (QED) is 0.518. The SMILES string of the molecule is O=C(c1ccc([N+](=O)[O-])o1)n1cnc2ccccc21. The maximum Gasteiger partial charge on any atom is 0.433 e. The minimum Gasteiger partial charge on any atom is -0.395 e. The van der Waals surface area contributed by atoms with Gasteiger partial charge in [0.15, 0.2) is 5.76 Å². The molecular weight excluding hydrogens is 250 g/mol. The summed E-state index contributed by atoms with van der Waals surface area (Å²) in [5, 5.41) is 10.5. The van der Waals surface area contributed by atoms with E-state index in [0.29, 0.717) is 11.0 Å². The third-order valence-corrected chi connectivity index (χ3v) is 2.65. The van der Waals surface area contributed by atoms with E-state index in [1.165, 1.54) is 17.0 Å². The molecule has 0 saturated heterocycles. The number of nitrogens with zero attached hydrogens (tertiary/aromatic N) is 3. The minimum absolute atomic E-state index is 0.102. The molecule has 3 rings (SSSR count). The third kappa shape index (κ3) is 1.77. The maximum absolute atomic E-state index is 12.2. The second-order valence-electron chi connectivity index (χ2n) is 3.80. The minimum atomic E-state index is -0.692. The molecule has 1 aromatic carbocycles. The van der Waals surface area contributed by atoms with Crippen LogP contribution in [0.25, 0.3) is 11.0 Å². The number of hydrogen-bond donors (Lipinski definition) is 0. The largest absolute Gasteiger partial charge is 0.433 e. The van der Waals surface area contributed by atoms with Gasteiger partial charge in [-0.3, -0.25) is 19.5 Å². The molecule has 0 N–H and O–H groups in total. The molecule has 0 aliphatic carbocycles. The zero-order valence-electron chi connectivity index (χ0n) is 9.52. The first-order chi connectivity index (χ1) is 9.16. The highest BCUT2D eigenvalue weighted by molar-refractivity contribution is 5.99. The molecule has 0 amide bonds. The van der Waals surface area contributed by atoms with E-state index in [0.717, 1.165) is 6.07 Å². The van der Waals surface area contributed by atoms with Crippen LogP contribution in [0.1, 0.15) is 10.6 Å².